The number of anilines is 1. The number of amides is 1. The molecular weight excluding hydrogens is 436 g/mol. The van der Waals surface area contributed by atoms with Gasteiger partial charge in [0.15, 0.2) is 15.0 Å². The average Bonchev–Trinajstić information content (AvgIpc) is 3.34. The fourth-order valence-corrected chi connectivity index (χ4v) is 7.67. The first kappa shape index (κ1) is 21.1. The van der Waals surface area contributed by atoms with Crippen molar-refractivity contribution in [1.82, 2.24) is 4.98 Å². The second kappa shape index (κ2) is 8.91. The molecule has 2 aromatic carbocycles. The molecule has 1 amide bonds. The lowest BCUT2D eigenvalue weighted by Crippen LogP contribution is -2.14. The van der Waals surface area contributed by atoms with Gasteiger partial charge in [0.25, 0.3) is 5.91 Å². The molecule has 0 bridgehead atoms. The standard InChI is InChI=1S/C22H22N2O3S3/c1-2-15-7-9-16(10-8-15)19-13-28-22(23-19)24-21(25)18-5-3-4-6-20(18)29-17-11-12-30(26,27)14-17/h3-10,13,17H,2,11-12,14H2,1H3,(H,23,24,25). The Hall–Kier alpha value is -2.16. The molecule has 2 heterocycles. The third-order valence-corrected chi connectivity index (χ3v) is 9.08. The summed E-state index contributed by atoms with van der Waals surface area (Å²) in [6.45, 7) is 2.12. The predicted molar refractivity (Wildman–Crippen MR) is 124 cm³/mol. The summed E-state index contributed by atoms with van der Waals surface area (Å²) in [7, 11) is -2.96. The number of rotatable bonds is 6. The van der Waals surface area contributed by atoms with Crippen molar-refractivity contribution in [2.75, 3.05) is 16.8 Å². The number of nitrogens with zero attached hydrogens (tertiary/aromatic N) is 1. The highest BCUT2D eigenvalue weighted by Gasteiger charge is 2.29. The monoisotopic (exact) mass is 458 g/mol. The molecule has 3 aromatic rings. The molecule has 0 spiro atoms. The first-order valence-corrected chi connectivity index (χ1v) is 13.3. The van der Waals surface area contributed by atoms with Gasteiger partial charge in [-0.3, -0.25) is 10.1 Å². The van der Waals surface area contributed by atoms with Crippen LogP contribution in [0.4, 0.5) is 5.13 Å². The molecule has 156 valence electrons. The molecule has 0 radical (unpaired) electrons. The molecule has 1 aliphatic heterocycles. The number of aryl methyl sites for hydroxylation is 1. The van der Waals surface area contributed by atoms with E-state index in [2.05, 4.69) is 29.4 Å². The van der Waals surface area contributed by atoms with E-state index in [1.807, 2.05) is 35.7 Å². The molecule has 1 aliphatic rings. The van der Waals surface area contributed by atoms with E-state index in [9.17, 15) is 13.2 Å². The van der Waals surface area contributed by atoms with Crippen LogP contribution in [0.1, 0.15) is 29.3 Å². The van der Waals surface area contributed by atoms with Crippen molar-refractivity contribution in [2.24, 2.45) is 0 Å². The number of sulfone groups is 1. The largest absolute Gasteiger partial charge is 0.298 e. The Kier molecular flexibility index (Phi) is 6.26. The van der Waals surface area contributed by atoms with Crippen molar-refractivity contribution in [3.8, 4) is 11.3 Å². The van der Waals surface area contributed by atoms with E-state index >= 15 is 0 Å². The summed E-state index contributed by atoms with van der Waals surface area (Å²) in [5, 5.41) is 5.35. The Morgan fingerprint density at radius 3 is 2.67 bits per heavy atom. The molecule has 1 N–H and O–H groups in total. The van der Waals surface area contributed by atoms with Gasteiger partial charge in [-0.25, -0.2) is 13.4 Å². The molecule has 0 saturated carbocycles. The van der Waals surface area contributed by atoms with Crippen molar-refractivity contribution in [2.45, 2.75) is 29.9 Å². The lowest BCUT2D eigenvalue weighted by molar-refractivity contribution is 0.102. The van der Waals surface area contributed by atoms with Gasteiger partial charge >= 0.3 is 0 Å². The lowest BCUT2D eigenvalue weighted by Gasteiger charge is -2.12. The van der Waals surface area contributed by atoms with Crippen LogP contribution in [-0.4, -0.2) is 36.1 Å². The molecule has 30 heavy (non-hydrogen) atoms. The zero-order valence-corrected chi connectivity index (χ0v) is 18.9. The summed E-state index contributed by atoms with van der Waals surface area (Å²) in [6, 6.07) is 15.6. The van der Waals surface area contributed by atoms with E-state index in [1.165, 1.54) is 28.7 Å². The van der Waals surface area contributed by atoms with E-state index in [0.717, 1.165) is 22.6 Å². The van der Waals surface area contributed by atoms with Crippen LogP contribution in [0.5, 0.6) is 0 Å². The van der Waals surface area contributed by atoms with Crippen LogP contribution < -0.4 is 5.32 Å². The number of nitrogens with one attached hydrogen (secondary N) is 1. The summed E-state index contributed by atoms with van der Waals surface area (Å²) < 4.78 is 23.5. The molecule has 0 aliphatic carbocycles. The maximum absolute atomic E-state index is 12.9. The van der Waals surface area contributed by atoms with Gasteiger partial charge in [-0.1, -0.05) is 43.3 Å². The first-order valence-electron chi connectivity index (χ1n) is 9.76. The normalized spacial score (nSPS) is 17.7. The van der Waals surface area contributed by atoms with E-state index in [4.69, 9.17) is 0 Å². The van der Waals surface area contributed by atoms with Gasteiger partial charge in [-0.2, -0.15) is 0 Å². The molecule has 1 fully saturated rings. The number of thioether (sulfide) groups is 1. The summed E-state index contributed by atoms with van der Waals surface area (Å²) in [5.41, 5.74) is 3.65. The van der Waals surface area contributed by atoms with E-state index in [1.54, 1.807) is 6.07 Å². The Balaban J connectivity index is 1.47. The van der Waals surface area contributed by atoms with Crippen LogP contribution in [0.25, 0.3) is 11.3 Å². The zero-order valence-electron chi connectivity index (χ0n) is 16.5. The maximum Gasteiger partial charge on any atom is 0.258 e. The van der Waals surface area contributed by atoms with Crippen LogP contribution in [0.2, 0.25) is 0 Å². The Labute approximate surface area is 184 Å². The summed E-state index contributed by atoms with van der Waals surface area (Å²) >= 11 is 2.85. The Morgan fingerprint density at radius 1 is 1.20 bits per heavy atom. The molecule has 1 aromatic heterocycles. The van der Waals surface area contributed by atoms with E-state index in [-0.39, 0.29) is 22.7 Å². The van der Waals surface area contributed by atoms with Crippen LogP contribution in [-0.2, 0) is 16.3 Å². The fraction of sp³-hybridized carbons (Fsp3) is 0.273. The molecule has 4 rings (SSSR count). The number of carbonyl (C=O) groups is 1. The highest BCUT2D eigenvalue weighted by Crippen LogP contribution is 2.33. The van der Waals surface area contributed by atoms with Gasteiger partial charge in [0.1, 0.15) is 0 Å². The minimum Gasteiger partial charge on any atom is -0.298 e. The summed E-state index contributed by atoms with van der Waals surface area (Å²) in [6.07, 6.45) is 1.61. The summed E-state index contributed by atoms with van der Waals surface area (Å²) in [5.74, 6) is 0.154. The van der Waals surface area contributed by atoms with Gasteiger partial charge in [0.05, 0.1) is 22.8 Å². The quantitative estimate of drug-likeness (QED) is 0.568. The van der Waals surface area contributed by atoms with E-state index in [0.29, 0.717) is 17.1 Å². The first-order chi connectivity index (χ1) is 14.4. The second-order valence-electron chi connectivity index (χ2n) is 7.18. The number of thiazole rings is 1. The minimum absolute atomic E-state index is 0.0125. The van der Waals surface area contributed by atoms with Gasteiger partial charge in [-0.15, -0.1) is 23.1 Å². The minimum atomic E-state index is -2.96. The van der Waals surface area contributed by atoms with Crippen LogP contribution in [0.15, 0.2) is 58.8 Å². The number of benzene rings is 2. The number of hydrogen-bond acceptors (Lipinski definition) is 6. The van der Waals surface area contributed by atoms with Crippen LogP contribution in [0, 0.1) is 0 Å². The molecule has 1 unspecified atom stereocenters. The van der Waals surface area contributed by atoms with Crippen molar-refractivity contribution < 1.29 is 13.2 Å². The SMILES string of the molecule is CCc1ccc(-c2csc(NC(=O)c3ccccc3SC3CCS(=O)(=O)C3)n2)cc1. The predicted octanol–water partition coefficient (Wildman–Crippen LogP) is 4.90. The molecule has 1 saturated heterocycles. The fourth-order valence-electron chi connectivity index (χ4n) is 3.33. The molecule has 1 atom stereocenters. The number of aromatic nitrogens is 1. The maximum atomic E-state index is 12.9. The highest BCUT2D eigenvalue weighted by molar-refractivity contribution is 8.02. The van der Waals surface area contributed by atoms with Crippen molar-refractivity contribution in [1.29, 1.82) is 0 Å². The van der Waals surface area contributed by atoms with Crippen molar-refractivity contribution in [3.05, 3.63) is 65.0 Å². The van der Waals surface area contributed by atoms with Gasteiger partial charge in [-0.05, 0) is 30.5 Å². The number of hydrogen-bond donors (Lipinski definition) is 1. The Morgan fingerprint density at radius 2 is 1.97 bits per heavy atom. The number of carbonyl (C=O) groups excluding carboxylic acids is 1. The third-order valence-electron chi connectivity index (χ3n) is 5.00. The van der Waals surface area contributed by atoms with Crippen molar-refractivity contribution in [3.63, 3.8) is 0 Å². The van der Waals surface area contributed by atoms with Crippen LogP contribution >= 0.6 is 23.1 Å². The highest BCUT2D eigenvalue weighted by atomic mass is 32.2. The van der Waals surface area contributed by atoms with E-state index < -0.39 is 9.84 Å². The molecule has 8 heteroatoms. The third kappa shape index (κ3) is 4.94. The average molecular weight is 459 g/mol. The van der Waals surface area contributed by atoms with Gasteiger partial charge in [0.2, 0.25) is 0 Å². The molecular formula is C22H22N2O3S3. The lowest BCUT2D eigenvalue weighted by atomic mass is 10.1. The summed E-state index contributed by atoms with van der Waals surface area (Å²) in [4.78, 5) is 18.2. The van der Waals surface area contributed by atoms with Crippen molar-refractivity contribution >= 4 is 44.0 Å². The zero-order chi connectivity index (χ0) is 21.1. The smallest absolute Gasteiger partial charge is 0.258 e. The van der Waals surface area contributed by atoms with Gasteiger partial charge < -0.3 is 0 Å². The second-order valence-corrected chi connectivity index (χ2v) is 11.6. The van der Waals surface area contributed by atoms with Crippen LogP contribution in [0.3, 0.4) is 0 Å². The molecule has 5 nitrogen and oxygen atoms in total. The van der Waals surface area contributed by atoms with Gasteiger partial charge in [0, 0.05) is 21.1 Å². The topological polar surface area (TPSA) is 76.1 Å². The Bertz CT molecular complexity index is 1150.